The number of methoxy groups -OCH3 is 1. The van der Waals surface area contributed by atoms with Crippen LogP contribution < -0.4 is 14.4 Å². The Morgan fingerprint density at radius 1 is 0.760 bits per heavy atom. The van der Waals surface area contributed by atoms with Crippen molar-refractivity contribution in [2.24, 2.45) is 0 Å². The third-order valence-electron chi connectivity index (χ3n) is 3.72. The van der Waals surface area contributed by atoms with Crippen LogP contribution in [-0.4, -0.2) is 13.0 Å². The first-order chi connectivity index (χ1) is 12.2. The fourth-order valence-corrected chi connectivity index (χ4v) is 2.63. The van der Waals surface area contributed by atoms with Gasteiger partial charge in [0.1, 0.15) is 11.5 Å². The fourth-order valence-electron chi connectivity index (χ4n) is 2.63. The van der Waals surface area contributed by atoms with Crippen molar-refractivity contribution in [1.29, 1.82) is 0 Å². The number of nitrogens with zero attached hydrogens (tertiary/aromatic N) is 1. The van der Waals surface area contributed by atoms with Crippen LogP contribution in [0.5, 0.6) is 17.2 Å². The van der Waals surface area contributed by atoms with Gasteiger partial charge in [-0.1, -0.05) is 42.5 Å². The minimum Gasteiger partial charge on any atom is -0.495 e. The Bertz CT molecular complexity index is 862. The summed E-state index contributed by atoms with van der Waals surface area (Å²) >= 11 is 0. The lowest BCUT2D eigenvalue weighted by molar-refractivity contribution is -0.115. The molecule has 3 rings (SSSR count). The van der Waals surface area contributed by atoms with Gasteiger partial charge in [0.25, 0.3) is 0 Å². The lowest BCUT2D eigenvalue weighted by Gasteiger charge is -2.25. The highest BCUT2D eigenvalue weighted by molar-refractivity contribution is 6.01. The van der Waals surface area contributed by atoms with Crippen LogP contribution in [0.25, 0.3) is 0 Å². The summed E-state index contributed by atoms with van der Waals surface area (Å²) in [6.45, 7) is 1.52. The Morgan fingerprint density at radius 2 is 1.28 bits per heavy atom. The van der Waals surface area contributed by atoms with Gasteiger partial charge < -0.3 is 9.47 Å². The minimum atomic E-state index is -0.131. The zero-order valence-corrected chi connectivity index (χ0v) is 14.2. The second-order valence-electron chi connectivity index (χ2n) is 5.41. The highest BCUT2D eigenvalue weighted by Gasteiger charge is 2.21. The summed E-state index contributed by atoms with van der Waals surface area (Å²) in [6, 6.07) is 24.3. The number of carbonyl (C=O) groups is 1. The number of para-hydroxylation sites is 5. The molecule has 25 heavy (non-hydrogen) atoms. The predicted molar refractivity (Wildman–Crippen MR) is 98.8 cm³/mol. The van der Waals surface area contributed by atoms with Crippen LogP contribution >= 0.6 is 0 Å². The number of benzene rings is 3. The maximum Gasteiger partial charge on any atom is 0.228 e. The van der Waals surface area contributed by atoms with Gasteiger partial charge in [0.05, 0.1) is 18.5 Å². The number of carbonyl (C=O) groups excluding carboxylic acids is 1. The Morgan fingerprint density at radius 3 is 1.88 bits per heavy atom. The van der Waals surface area contributed by atoms with Gasteiger partial charge in [-0.15, -0.1) is 0 Å². The van der Waals surface area contributed by atoms with Crippen molar-refractivity contribution < 1.29 is 14.3 Å². The summed E-state index contributed by atoms with van der Waals surface area (Å²) in [6.07, 6.45) is 0. The van der Waals surface area contributed by atoms with Gasteiger partial charge in [0.15, 0.2) is 5.75 Å². The number of anilines is 2. The number of amides is 1. The Balaban J connectivity index is 2.07. The van der Waals surface area contributed by atoms with E-state index in [4.69, 9.17) is 9.47 Å². The van der Waals surface area contributed by atoms with E-state index in [0.717, 1.165) is 0 Å². The normalized spacial score (nSPS) is 10.2. The van der Waals surface area contributed by atoms with Gasteiger partial charge in [0, 0.05) is 6.92 Å². The second kappa shape index (κ2) is 7.53. The summed E-state index contributed by atoms with van der Waals surface area (Å²) < 4.78 is 11.4. The van der Waals surface area contributed by atoms with Gasteiger partial charge in [-0.2, -0.15) is 0 Å². The Kier molecular flexibility index (Phi) is 5.00. The van der Waals surface area contributed by atoms with E-state index in [2.05, 4.69) is 0 Å². The maximum atomic E-state index is 12.4. The van der Waals surface area contributed by atoms with Gasteiger partial charge in [-0.25, -0.2) is 0 Å². The van der Waals surface area contributed by atoms with E-state index in [1.165, 1.54) is 6.92 Å². The predicted octanol–water partition coefficient (Wildman–Crippen LogP) is 5.17. The summed E-state index contributed by atoms with van der Waals surface area (Å²) in [5.74, 6) is 1.79. The Labute approximate surface area is 147 Å². The molecule has 4 heteroatoms. The monoisotopic (exact) mass is 333 g/mol. The molecule has 3 aromatic rings. The third-order valence-corrected chi connectivity index (χ3v) is 3.72. The highest BCUT2D eigenvalue weighted by atomic mass is 16.5. The molecular weight excluding hydrogens is 314 g/mol. The molecule has 0 bridgehead atoms. The fraction of sp³-hybridized carbons (Fsp3) is 0.0952. The van der Waals surface area contributed by atoms with Crippen LogP contribution in [-0.2, 0) is 4.79 Å². The van der Waals surface area contributed by atoms with Crippen molar-refractivity contribution in [3.63, 3.8) is 0 Å². The molecule has 0 aromatic heterocycles. The number of hydrogen-bond donors (Lipinski definition) is 0. The number of hydrogen-bond acceptors (Lipinski definition) is 3. The van der Waals surface area contributed by atoms with Crippen LogP contribution in [0.4, 0.5) is 11.4 Å². The molecule has 3 aromatic carbocycles. The van der Waals surface area contributed by atoms with E-state index < -0.39 is 0 Å². The molecule has 0 aliphatic rings. The minimum absolute atomic E-state index is 0.131. The van der Waals surface area contributed by atoms with Gasteiger partial charge in [-0.3, -0.25) is 9.69 Å². The van der Waals surface area contributed by atoms with Crippen molar-refractivity contribution in [3.05, 3.63) is 78.9 Å². The zero-order chi connectivity index (χ0) is 17.6. The molecule has 0 N–H and O–H groups in total. The topological polar surface area (TPSA) is 38.8 Å². The van der Waals surface area contributed by atoms with Crippen molar-refractivity contribution in [2.45, 2.75) is 6.92 Å². The van der Waals surface area contributed by atoms with E-state index in [1.807, 2.05) is 78.9 Å². The zero-order valence-electron chi connectivity index (χ0n) is 14.2. The van der Waals surface area contributed by atoms with Crippen LogP contribution in [0.15, 0.2) is 78.9 Å². The first-order valence-electron chi connectivity index (χ1n) is 7.96. The maximum absolute atomic E-state index is 12.4. The van der Waals surface area contributed by atoms with Gasteiger partial charge in [0.2, 0.25) is 5.91 Å². The van der Waals surface area contributed by atoms with Crippen molar-refractivity contribution in [3.8, 4) is 17.2 Å². The van der Waals surface area contributed by atoms with E-state index in [0.29, 0.717) is 28.6 Å². The van der Waals surface area contributed by atoms with E-state index in [1.54, 1.807) is 12.0 Å². The third kappa shape index (κ3) is 3.63. The van der Waals surface area contributed by atoms with Gasteiger partial charge in [-0.05, 0) is 36.4 Å². The molecule has 1 amide bonds. The molecule has 0 radical (unpaired) electrons. The molecule has 0 aliphatic carbocycles. The van der Waals surface area contributed by atoms with Crippen molar-refractivity contribution in [1.82, 2.24) is 0 Å². The molecule has 4 nitrogen and oxygen atoms in total. The number of rotatable bonds is 5. The molecule has 126 valence electrons. The van der Waals surface area contributed by atoms with E-state index in [9.17, 15) is 4.79 Å². The summed E-state index contributed by atoms with van der Waals surface area (Å²) in [5.41, 5.74) is 1.32. The lowest BCUT2D eigenvalue weighted by atomic mass is 10.2. The average molecular weight is 333 g/mol. The Hall–Kier alpha value is -3.27. The average Bonchev–Trinajstić information content (AvgIpc) is 2.64. The van der Waals surface area contributed by atoms with Crippen LogP contribution in [0.3, 0.4) is 0 Å². The quantitative estimate of drug-likeness (QED) is 0.646. The van der Waals surface area contributed by atoms with Crippen LogP contribution in [0, 0.1) is 0 Å². The van der Waals surface area contributed by atoms with Crippen molar-refractivity contribution in [2.75, 3.05) is 12.0 Å². The molecule has 0 spiro atoms. The van der Waals surface area contributed by atoms with E-state index in [-0.39, 0.29) is 5.91 Å². The summed E-state index contributed by atoms with van der Waals surface area (Å²) in [4.78, 5) is 14.0. The largest absolute Gasteiger partial charge is 0.495 e. The van der Waals surface area contributed by atoms with Crippen LogP contribution in [0.2, 0.25) is 0 Å². The standard InChI is InChI=1S/C21H19NO3/c1-16(23)22(18-12-6-8-14-20(18)24-2)19-13-7-9-15-21(19)25-17-10-4-3-5-11-17/h3-15H,1-2H3. The highest BCUT2D eigenvalue weighted by Crippen LogP contribution is 2.39. The molecule has 0 aliphatic heterocycles. The SMILES string of the molecule is COc1ccccc1N(C(C)=O)c1ccccc1Oc1ccccc1. The lowest BCUT2D eigenvalue weighted by Crippen LogP contribution is -2.23. The molecule has 0 saturated heterocycles. The molecule has 0 saturated carbocycles. The van der Waals surface area contributed by atoms with Crippen LogP contribution in [0.1, 0.15) is 6.92 Å². The van der Waals surface area contributed by atoms with Gasteiger partial charge >= 0.3 is 0 Å². The number of ether oxygens (including phenoxy) is 2. The first-order valence-corrected chi connectivity index (χ1v) is 7.96. The molecule has 0 heterocycles. The molecule has 0 atom stereocenters. The first kappa shape index (κ1) is 16.6. The molecule has 0 unspecified atom stereocenters. The smallest absolute Gasteiger partial charge is 0.228 e. The second-order valence-corrected chi connectivity index (χ2v) is 5.41. The van der Waals surface area contributed by atoms with Crippen molar-refractivity contribution >= 4 is 17.3 Å². The molecular formula is C21H19NO3. The van der Waals surface area contributed by atoms with E-state index >= 15 is 0 Å². The summed E-state index contributed by atoms with van der Waals surface area (Å²) in [7, 11) is 1.59. The summed E-state index contributed by atoms with van der Waals surface area (Å²) in [5, 5.41) is 0. The molecule has 0 fully saturated rings.